The molecule has 0 aliphatic rings. The minimum Gasteiger partial charge on any atom is -0.360 e. The maximum atomic E-state index is 12.0. The first-order chi connectivity index (χ1) is 11.6. The number of aromatic nitrogens is 1. The second-order valence-electron chi connectivity index (χ2n) is 5.00. The lowest BCUT2D eigenvalue weighted by atomic mass is 10.1. The molecular weight excluding hydrogens is 304 g/mol. The molecule has 0 saturated heterocycles. The highest BCUT2D eigenvalue weighted by Gasteiger charge is 2.08. The number of rotatable bonds is 6. The lowest BCUT2D eigenvalue weighted by Crippen LogP contribution is -2.24. The van der Waals surface area contributed by atoms with E-state index < -0.39 is 5.91 Å². The van der Waals surface area contributed by atoms with Gasteiger partial charge in [0.15, 0.2) is 5.78 Å². The van der Waals surface area contributed by atoms with E-state index in [2.05, 4.69) is 15.6 Å². The Morgan fingerprint density at radius 2 is 2.12 bits per heavy atom. The number of nitriles is 1. The minimum atomic E-state index is -0.489. The summed E-state index contributed by atoms with van der Waals surface area (Å²) in [6, 6.07) is 12.3. The zero-order valence-corrected chi connectivity index (χ0v) is 13.1. The molecule has 0 bridgehead atoms. The van der Waals surface area contributed by atoms with Crippen molar-refractivity contribution in [2.45, 2.75) is 13.5 Å². The Balaban J connectivity index is 2.01. The van der Waals surface area contributed by atoms with Crippen molar-refractivity contribution in [1.29, 1.82) is 5.26 Å². The Morgan fingerprint density at radius 1 is 1.29 bits per heavy atom. The monoisotopic (exact) mass is 320 g/mol. The first kappa shape index (κ1) is 16.9. The fourth-order valence-corrected chi connectivity index (χ4v) is 1.91. The molecular formula is C18H16N4O2. The van der Waals surface area contributed by atoms with E-state index in [1.54, 1.807) is 42.7 Å². The summed E-state index contributed by atoms with van der Waals surface area (Å²) in [5, 5.41) is 14.6. The second-order valence-corrected chi connectivity index (χ2v) is 5.00. The molecule has 2 rings (SSSR count). The van der Waals surface area contributed by atoms with Gasteiger partial charge in [0.1, 0.15) is 11.6 Å². The van der Waals surface area contributed by atoms with Crippen molar-refractivity contribution >= 4 is 17.4 Å². The standard InChI is InChI=1S/C18H16N4O2/c1-13(23)15-5-2-6-17(8-15)21-12-16(9-19)18(24)22-11-14-4-3-7-20-10-14/h2-8,10,12,21H,11H2,1H3,(H,22,24)/b16-12-. The summed E-state index contributed by atoms with van der Waals surface area (Å²) in [7, 11) is 0. The zero-order chi connectivity index (χ0) is 17.4. The van der Waals surface area contributed by atoms with Gasteiger partial charge >= 0.3 is 0 Å². The smallest absolute Gasteiger partial charge is 0.263 e. The highest BCUT2D eigenvalue weighted by molar-refractivity contribution is 5.97. The Bertz CT molecular complexity index is 807. The number of carbonyl (C=O) groups is 2. The number of pyridine rings is 1. The number of carbonyl (C=O) groups excluding carboxylic acids is 2. The van der Waals surface area contributed by atoms with E-state index in [0.717, 1.165) is 5.56 Å². The van der Waals surface area contributed by atoms with Gasteiger partial charge in [0.25, 0.3) is 5.91 Å². The average molecular weight is 320 g/mol. The topological polar surface area (TPSA) is 94.9 Å². The third-order valence-electron chi connectivity index (χ3n) is 3.19. The molecule has 24 heavy (non-hydrogen) atoms. The molecule has 0 radical (unpaired) electrons. The van der Waals surface area contributed by atoms with Crippen LogP contribution in [0.3, 0.4) is 0 Å². The van der Waals surface area contributed by atoms with Gasteiger partial charge in [-0.3, -0.25) is 14.6 Å². The molecule has 6 nitrogen and oxygen atoms in total. The quantitative estimate of drug-likeness (QED) is 0.484. The number of anilines is 1. The largest absolute Gasteiger partial charge is 0.360 e. The summed E-state index contributed by atoms with van der Waals surface area (Å²) in [4.78, 5) is 27.3. The van der Waals surface area contributed by atoms with Gasteiger partial charge in [-0.2, -0.15) is 5.26 Å². The summed E-state index contributed by atoms with van der Waals surface area (Å²) in [5.74, 6) is -0.547. The first-order valence-corrected chi connectivity index (χ1v) is 7.25. The van der Waals surface area contributed by atoms with Crippen molar-refractivity contribution in [3.8, 4) is 6.07 Å². The van der Waals surface area contributed by atoms with Gasteiger partial charge in [-0.1, -0.05) is 18.2 Å². The van der Waals surface area contributed by atoms with Crippen LogP contribution < -0.4 is 10.6 Å². The van der Waals surface area contributed by atoms with Crippen molar-refractivity contribution in [3.63, 3.8) is 0 Å². The van der Waals surface area contributed by atoms with Crippen LogP contribution in [0.2, 0.25) is 0 Å². The van der Waals surface area contributed by atoms with Crippen LogP contribution >= 0.6 is 0 Å². The molecule has 1 heterocycles. The van der Waals surface area contributed by atoms with Crippen LogP contribution in [0.15, 0.2) is 60.6 Å². The van der Waals surface area contributed by atoms with Crippen molar-refractivity contribution in [3.05, 3.63) is 71.7 Å². The second kappa shape index (κ2) is 8.25. The van der Waals surface area contributed by atoms with Crippen molar-refractivity contribution in [2.24, 2.45) is 0 Å². The Morgan fingerprint density at radius 3 is 2.79 bits per heavy atom. The van der Waals surface area contributed by atoms with E-state index in [0.29, 0.717) is 11.3 Å². The predicted octanol–water partition coefficient (Wildman–Crippen LogP) is 2.42. The van der Waals surface area contributed by atoms with Crippen molar-refractivity contribution < 1.29 is 9.59 Å². The van der Waals surface area contributed by atoms with Gasteiger partial charge in [0, 0.05) is 36.4 Å². The summed E-state index contributed by atoms with van der Waals surface area (Å²) >= 11 is 0. The number of hydrogen-bond acceptors (Lipinski definition) is 5. The highest BCUT2D eigenvalue weighted by atomic mass is 16.1. The average Bonchev–Trinajstić information content (AvgIpc) is 2.61. The molecule has 1 aromatic carbocycles. The Hall–Kier alpha value is -3.46. The molecule has 1 amide bonds. The molecule has 0 aliphatic carbocycles. The van der Waals surface area contributed by atoms with Gasteiger partial charge in [-0.15, -0.1) is 0 Å². The Labute approximate surface area is 139 Å². The number of Topliss-reactive ketones (excluding diaryl/α,β-unsaturated/α-hetero) is 1. The SMILES string of the molecule is CC(=O)c1cccc(N/C=C(/C#N)C(=O)NCc2cccnc2)c1. The molecule has 0 fully saturated rings. The van der Waals surface area contributed by atoms with Crippen LogP contribution in [-0.2, 0) is 11.3 Å². The summed E-state index contributed by atoms with van der Waals surface area (Å²) in [6.07, 6.45) is 4.60. The molecule has 1 aromatic heterocycles. The number of benzene rings is 1. The predicted molar refractivity (Wildman–Crippen MR) is 89.8 cm³/mol. The molecule has 120 valence electrons. The molecule has 0 spiro atoms. The van der Waals surface area contributed by atoms with Crippen molar-refractivity contribution in [1.82, 2.24) is 10.3 Å². The lowest BCUT2D eigenvalue weighted by molar-refractivity contribution is -0.117. The number of nitrogens with one attached hydrogen (secondary N) is 2. The lowest BCUT2D eigenvalue weighted by Gasteiger charge is -2.06. The molecule has 0 unspecified atom stereocenters. The van der Waals surface area contributed by atoms with Gasteiger partial charge < -0.3 is 10.6 Å². The molecule has 0 saturated carbocycles. The van der Waals surface area contributed by atoms with Crippen LogP contribution in [0.1, 0.15) is 22.8 Å². The molecule has 2 aromatic rings. The fraction of sp³-hybridized carbons (Fsp3) is 0.111. The fourth-order valence-electron chi connectivity index (χ4n) is 1.91. The normalized spacial score (nSPS) is 10.6. The van der Waals surface area contributed by atoms with Crippen molar-refractivity contribution in [2.75, 3.05) is 5.32 Å². The zero-order valence-electron chi connectivity index (χ0n) is 13.1. The van der Waals surface area contributed by atoms with E-state index in [4.69, 9.17) is 5.26 Å². The number of hydrogen-bond donors (Lipinski definition) is 2. The number of amides is 1. The number of nitrogens with zero attached hydrogens (tertiary/aromatic N) is 2. The van der Waals surface area contributed by atoms with E-state index in [-0.39, 0.29) is 17.9 Å². The summed E-state index contributed by atoms with van der Waals surface area (Å²) < 4.78 is 0. The van der Waals surface area contributed by atoms with E-state index in [1.165, 1.54) is 13.1 Å². The van der Waals surface area contributed by atoms with Crippen LogP contribution in [0, 0.1) is 11.3 Å². The summed E-state index contributed by atoms with van der Waals surface area (Å²) in [6.45, 7) is 1.76. The summed E-state index contributed by atoms with van der Waals surface area (Å²) in [5.41, 5.74) is 1.95. The van der Waals surface area contributed by atoms with Gasteiger partial charge in [0.05, 0.1) is 0 Å². The van der Waals surface area contributed by atoms with Crippen LogP contribution in [0.25, 0.3) is 0 Å². The third kappa shape index (κ3) is 4.78. The van der Waals surface area contributed by atoms with E-state index in [1.807, 2.05) is 12.1 Å². The van der Waals surface area contributed by atoms with E-state index >= 15 is 0 Å². The maximum absolute atomic E-state index is 12.0. The molecule has 0 atom stereocenters. The van der Waals surface area contributed by atoms with Crippen LogP contribution in [0.4, 0.5) is 5.69 Å². The number of ketones is 1. The van der Waals surface area contributed by atoms with Gasteiger partial charge in [-0.25, -0.2) is 0 Å². The van der Waals surface area contributed by atoms with Crippen LogP contribution in [0.5, 0.6) is 0 Å². The molecule has 6 heteroatoms. The van der Waals surface area contributed by atoms with Crippen LogP contribution in [-0.4, -0.2) is 16.7 Å². The Kier molecular flexibility index (Phi) is 5.81. The van der Waals surface area contributed by atoms with E-state index in [9.17, 15) is 9.59 Å². The minimum absolute atomic E-state index is 0.0580. The maximum Gasteiger partial charge on any atom is 0.263 e. The van der Waals surface area contributed by atoms with Gasteiger partial charge in [0.2, 0.25) is 0 Å². The molecule has 0 aliphatic heterocycles. The first-order valence-electron chi connectivity index (χ1n) is 7.25. The third-order valence-corrected chi connectivity index (χ3v) is 3.19. The van der Waals surface area contributed by atoms with Gasteiger partial charge in [-0.05, 0) is 30.7 Å². The molecule has 2 N–H and O–H groups in total. The highest BCUT2D eigenvalue weighted by Crippen LogP contribution is 2.11.